The molecule has 0 radical (unpaired) electrons. The van der Waals surface area contributed by atoms with Crippen LogP contribution in [0, 0.1) is 5.41 Å². The molecule has 3 rings (SSSR count). The van der Waals surface area contributed by atoms with E-state index in [1.165, 1.54) is 4.90 Å². The molecule has 0 aliphatic carbocycles. The number of nitrogens with zero attached hydrogens (tertiary/aromatic N) is 2. The maximum atomic E-state index is 12.8. The molecule has 1 aliphatic rings. The summed E-state index contributed by atoms with van der Waals surface area (Å²) in [5.74, 6) is 0.318. The van der Waals surface area contributed by atoms with Crippen molar-refractivity contribution >= 4 is 34.3 Å². The van der Waals surface area contributed by atoms with Crippen molar-refractivity contribution in [2.75, 3.05) is 13.2 Å². The fraction of sp³-hybridized carbons (Fsp3) is 0.500. The minimum atomic E-state index is -0.687. The number of aromatic nitrogens is 1. The van der Waals surface area contributed by atoms with Gasteiger partial charge in [0, 0.05) is 24.3 Å². The number of hydrogen-bond donors (Lipinski definition) is 1. The molecule has 2 N–H and O–H groups in total. The number of hydrogen-bond acceptors (Lipinski definition) is 5. The van der Waals surface area contributed by atoms with E-state index in [4.69, 9.17) is 26.8 Å². The number of nitrogens with two attached hydrogens (primary N) is 1. The molecule has 0 saturated carbocycles. The summed E-state index contributed by atoms with van der Waals surface area (Å²) < 4.78 is 11.8. The highest BCUT2D eigenvalue weighted by Crippen LogP contribution is 2.35. The largest absolute Gasteiger partial charge is 0.488 e. The molecule has 7 nitrogen and oxygen atoms in total. The van der Waals surface area contributed by atoms with Gasteiger partial charge < -0.3 is 20.1 Å². The average Bonchev–Trinajstić information content (AvgIpc) is 3.06. The van der Waals surface area contributed by atoms with E-state index in [2.05, 4.69) is 4.98 Å². The lowest BCUT2D eigenvalue weighted by atomic mass is 9.91. The second-order valence-corrected chi connectivity index (χ2v) is 9.11. The highest BCUT2D eigenvalue weighted by molar-refractivity contribution is 6.35. The van der Waals surface area contributed by atoms with Crippen molar-refractivity contribution in [3.63, 3.8) is 0 Å². The van der Waals surface area contributed by atoms with Crippen molar-refractivity contribution in [3.05, 3.63) is 29.3 Å². The molecule has 8 heteroatoms. The monoisotopic (exact) mass is 433 g/mol. The molecule has 1 fully saturated rings. The maximum absolute atomic E-state index is 12.8. The molecule has 162 valence electrons. The number of primary amides is 1. The van der Waals surface area contributed by atoms with E-state index in [9.17, 15) is 9.59 Å². The van der Waals surface area contributed by atoms with Gasteiger partial charge in [-0.05, 0) is 24.5 Å². The van der Waals surface area contributed by atoms with Crippen LogP contribution in [0.2, 0.25) is 5.02 Å². The van der Waals surface area contributed by atoms with Crippen LogP contribution >= 0.6 is 11.6 Å². The van der Waals surface area contributed by atoms with Crippen molar-refractivity contribution in [1.82, 2.24) is 9.88 Å². The molecular weight excluding hydrogens is 406 g/mol. The fourth-order valence-corrected chi connectivity index (χ4v) is 3.86. The fourth-order valence-electron chi connectivity index (χ4n) is 3.64. The minimum absolute atomic E-state index is 0.102. The van der Waals surface area contributed by atoms with Crippen molar-refractivity contribution in [2.45, 2.75) is 52.7 Å². The van der Waals surface area contributed by atoms with E-state index >= 15 is 0 Å². The number of carbonyl (C=O) groups excluding carboxylic acids is 2. The van der Waals surface area contributed by atoms with Gasteiger partial charge in [0.2, 0.25) is 17.7 Å². The SMILES string of the molecule is CCOc1cc(O[C@@H]2CC(C(N)=O)N(C(=O)CC(C)(C)C)C2)c2cccc(Cl)c2n1. The van der Waals surface area contributed by atoms with E-state index in [0.29, 0.717) is 41.6 Å². The number of fused-ring (bicyclic) bond motifs is 1. The molecule has 0 spiro atoms. The second-order valence-electron chi connectivity index (χ2n) is 8.70. The lowest BCUT2D eigenvalue weighted by molar-refractivity contribution is -0.138. The third kappa shape index (κ3) is 4.95. The quantitative estimate of drug-likeness (QED) is 0.751. The minimum Gasteiger partial charge on any atom is -0.488 e. The summed E-state index contributed by atoms with van der Waals surface area (Å²) in [7, 11) is 0. The molecule has 30 heavy (non-hydrogen) atoms. The third-order valence-corrected chi connectivity index (χ3v) is 5.21. The van der Waals surface area contributed by atoms with Gasteiger partial charge in [0.1, 0.15) is 17.9 Å². The number of benzene rings is 1. The first-order valence-corrected chi connectivity index (χ1v) is 10.4. The van der Waals surface area contributed by atoms with Crippen LogP contribution < -0.4 is 15.2 Å². The molecule has 1 saturated heterocycles. The predicted molar refractivity (Wildman–Crippen MR) is 116 cm³/mol. The van der Waals surface area contributed by atoms with Gasteiger partial charge in [-0.2, -0.15) is 0 Å². The number of halogens is 1. The number of amides is 2. The Labute approximate surface area is 181 Å². The van der Waals surface area contributed by atoms with Gasteiger partial charge in [-0.15, -0.1) is 0 Å². The zero-order valence-electron chi connectivity index (χ0n) is 17.8. The average molecular weight is 434 g/mol. The number of carbonyl (C=O) groups is 2. The smallest absolute Gasteiger partial charge is 0.240 e. The van der Waals surface area contributed by atoms with Crippen LogP contribution in [0.1, 0.15) is 40.5 Å². The molecule has 1 aromatic heterocycles. The summed E-state index contributed by atoms with van der Waals surface area (Å²) in [6.07, 6.45) is 0.274. The molecule has 1 aliphatic heterocycles. The Morgan fingerprint density at radius 3 is 2.70 bits per heavy atom. The Hall–Kier alpha value is -2.54. The number of para-hydroxylation sites is 1. The number of likely N-dealkylation sites (tertiary alicyclic amines) is 1. The molecule has 0 bridgehead atoms. The standard InChI is InChI=1S/C22H28ClN3O4/c1-5-29-18-10-17(14-7-6-8-15(23)20(14)25-18)30-13-9-16(21(24)28)26(12-13)19(27)11-22(2,3)4/h6-8,10,13,16H,5,9,11-12H2,1-4H3,(H2,24,28)/t13-,16?/m1/s1. The van der Waals surface area contributed by atoms with Crippen molar-refractivity contribution in [2.24, 2.45) is 11.1 Å². The summed E-state index contributed by atoms with van der Waals surface area (Å²) in [5.41, 5.74) is 5.97. The van der Waals surface area contributed by atoms with Crippen LogP contribution in [-0.4, -0.2) is 47.0 Å². The van der Waals surface area contributed by atoms with Crippen LogP contribution in [0.25, 0.3) is 10.9 Å². The summed E-state index contributed by atoms with van der Waals surface area (Å²) in [5, 5.41) is 1.23. The lowest BCUT2D eigenvalue weighted by Gasteiger charge is -2.26. The van der Waals surface area contributed by atoms with Crippen LogP contribution in [-0.2, 0) is 9.59 Å². The zero-order valence-corrected chi connectivity index (χ0v) is 18.5. The van der Waals surface area contributed by atoms with Gasteiger partial charge in [-0.1, -0.05) is 38.4 Å². The molecular formula is C22H28ClN3O4. The van der Waals surface area contributed by atoms with E-state index < -0.39 is 11.9 Å². The zero-order chi connectivity index (χ0) is 22.1. The van der Waals surface area contributed by atoms with E-state index in [1.807, 2.05) is 39.8 Å². The predicted octanol–water partition coefficient (Wildman–Crippen LogP) is 3.56. The second kappa shape index (κ2) is 8.68. The Morgan fingerprint density at radius 2 is 2.07 bits per heavy atom. The number of rotatable bonds is 6. The molecule has 1 aromatic carbocycles. The summed E-state index contributed by atoms with van der Waals surface area (Å²) >= 11 is 6.32. The molecule has 2 heterocycles. The van der Waals surface area contributed by atoms with Crippen LogP contribution in [0.5, 0.6) is 11.6 Å². The van der Waals surface area contributed by atoms with E-state index in [1.54, 1.807) is 12.1 Å². The van der Waals surface area contributed by atoms with Gasteiger partial charge in [0.15, 0.2) is 0 Å². The van der Waals surface area contributed by atoms with Crippen molar-refractivity contribution < 1.29 is 19.1 Å². The number of ether oxygens (including phenoxy) is 2. The Balaban J connectivity index is 1.89. The summed E-state index contributed by atoms with van der Waals surface area (Å²) in [4.78, 5) is 30.8. The lowest BCUT2D eigenvalue weighted by Crippen LogP contribution is -2.44. The first kappa shape index (κ1) is 22.2. The highest BCUT2D eigenvalue weighted by Gasteiger charge is 2.40. The Morgan fingerprint density at radius 1 is 1.33 bits per heavy atom. The van der Waals surface area contributed by atoms with Gasteiger partial charge in [0.05, 0.1) is 23.7 Å². The first-order valence-electron chi connectivity index (χ1n) is 10.1. The van der Waals surface area contributed by atoms with E-state index in [0.717, 1.165) is 5.39 Å². The molecule has 1 unspecified atom stereocenters. The molecule has 2 aromatic rings. The number of pyridine rings is 1. The Kier molecular flexibility index (Phi) is 6.41. The molecule has 2 atom stereocenters. The van der Waals surface area contributed by atoms with E-state index in [-0.39, 0.29) is 24.0 Å². The molecule has 2 amide bonds. The maximum Gasteiger partial charge on any atom is 0.240 e. The van der Waals surface area contributed by atoms with Crippen LogP contribution in [0.4, 0.5) is 0 Å². The van der Waals surface area contributed by atoms with Gasteiger partial charge in [-0.25, -0.2) is 4.98 Å². The van der Waals surface area contributed by atoms with Crippen molar-refractivity contribution in [1.29, 1.82) is 0 Å². The first-order chi connectivity index (χ1) is 14.1. The summed E-state index contributed by atoms with van der Waals surface area (Å²) in [6, 6.07) is 6.46. The normalized spacial score (nSPS) is 19.2. The third-order valence-electron chi connectivity index (χ3n) is 4.91. The van der Waals surface area contributed by atoms with Crippen LogP contribution in [0.15, 0.2) is 24.3 Å². The highest BCUT2D eigenvalue weighted by atomic mass is 35.5. The summed E-state index contributed by atoms with van der Waals surface area (Å²) in [6.45, 7) is 8.55. The van der Waals surface area contributed by atoms with Gasteiger partial charge >= 0.3 is 0 Å². The van der Waals surface area contributed by atoms with Crippen LogP contribution in [0.3, 0.4) is 0 Å². The van der Waals surface area contributed by atoms with Gasteiger partial charge in [-0.3, -0.25) is 9.59 Å². The Bertz CT molecular complexity index is 957. The van der Waals surface area contributed by atoms with Crippen molar-refractivity contribution in [3.8, 4) is 11.6 Å². The van der Waals surface area contributed by atoms with Gasteiger partial charge in [0.25, 0.3) is 0 Å². The topological polar surface area (TPSA) is 94.8 Å².